The largest absolute Gasteiger partial charge is 0.493 e. The van der Waals surface area contributed by atoms with E-state index in [9.17, 15) is 4.79 Å². The van der Waals surface area contributed by atoms with Gasteiger partial charge in [0.05, 0.1) is 13.7 Å². The van der Waals surface area contributed by atoms with E-state index in [1.165, 1.54) is 12.8 Å². The smallest absolute Gasteiger partial charge is 0.181 e. The van der Waals surface area contributed by atoms with E-state index in [1.807, 2.05) is 42.0 Å². The molecule has 0 amide bonds. The molecule has 0 atom stereocenters. The normalized spacial score (nSPS) is 14.2. The summed E-state index contributed by atoms with van der Waals surface area (Å²) in [5, 5.41) is 0. The molecule has 1 aliphatic carbocycles. The molecule has 1 saturated carbocycles. The summed E-state index contributed by atoms with van der Waals surface area (Å²) in [7, 11) is 1.65. The monoisotopic (exact) mass is 311 g/mol. The average molecular weight is 311 g/mol. The first kappa shape index (κ1) is 15.4. The van der Waals surface area contributed by atoms with Gasteiger partial charge < -0.3 is 14.0 Å². The molecule has 0 spiro atoms. The van der Waals surface area contributed by atoms with Crippen molar-refractivity contribution in [2.24, 2.45) is 5.92 Å². The molecule has 1 fully saturated rings. The molecule has 0 saturated heterocycles. The van der Waals surface area contributed by atoms with E-state index in [-0.39, 0.29) is 5.43 Å². The van der Waals surface area contributed by atoms with Crippen LogP contribution in [0.4, 0.5) is 0 Å². The number of ether oxygens (including phenoxy) is 2. The third-order valence-electron chi connectivity index (χ3n) is 3.94. The number of benzene rings is 1. The Morgan fingerprint density at radius 2 is 2.04 bits per heavy atom. The number of hydrogen-bond donors (Lipinski definition) is 0. The van der Waals surface area contributed by atoms with E-state index in [1.54, 1.807) is 25.4 Å². The van der Waals surface area contributed by atoms with Crippen molar-refractivity contribution in [1.29, 1.82) is 0 Å². The van der Waals surface area contributed by atoms with E-state index in [4.69, 9.17) is 9.47 Å². The zero-order chi connectivity index (χ0) is 16.2. The first-order valence-corrected chi connectivity index (χ1v) is 7.83. The summed E-state index contributed by atoms with van der Waals surface area (Å²) in [5.41, 5.74) is 1.94. The van der Waals surface area contributed by atoms with Crippen LogP contribution in [0.15, 0.2) is 41.3 Å². The van der Waals surface area contributed by atoms with Gasteiger partial charge in [-0.05, 0) is 49.5 Å². The molecule has 0 aliphatic heterocycles. The van der Waals surface area contributed by atoms with Gasteiger partial charge in [0, 0.05) is 30.2 Å². The third kappa shape index (κ3) is 4.03. The molecular formula is C19H21NO3. The minimum atomic E-state index is 0.0207. The molecule has 1 aliphatic rings. The van der Waals surface area contributed by atoms with Crippen molar-refractivity contribution in [2.45, 2.75) is 19.8 Å². The Balaban J connectivity index is 1.79. The summed E-state index contributed by atoms with van der Waals surface area (Å²) in [6.45, 7) is 2.66. The Morgan fingerprint density at radius 3 is 2.74 bits per heavy atom. The van der Waals surface area contributed by atoms with E-state index < -0.39 is 0 Å². The first-order chi connectivity index (χ1) is 11.2. The topological polar surface area (TPSA) is 40.5 Å². The van der Waals surface area contributed by atoms with Gasteiger partial charge in [0.25, 0.3) is 0 Å². The second-order valence-corrected chi connectivity index (χ2v) is 5.89. The van der Waals surface area contributed by atoms with Gasteiger partial charge in [-0.15, -0.1) is 0 Å². The van der Waals surface area contributed by atoms with Crippen LogP contribution in [0.2, 0.25) is 0 Å². The molecule has 120 valence electrons. The molecule has 0 N–H and O–H groups in total. The third-order valence-corrected chi connectivity index (χ3v) is 3.94. The highest BCUT2D eigenvalue weighted by atomic mass is 16.5. The van der Waals surface area contributed by atoms with Gasteiger partial charge >= 0.3 is 0 Å². The maximum absolute atomic E-state index is 11.3. The van der Waals surface area contributed by atoms with Crippen molar-refractivity contribution >= 4 is 12.3 Å². The van der Waals surface area contributed by atoms with Crippen LogP contribution in [0.5, 0.6) is 11.5 Å². The summed E-state index contributed by atoms with van der Waals surface area (Å²) >= 11 is 0. The lowest BCUT2D eigenvalue weighted by Gasteiger charge is -2.11. The van der Waals surface area contributed by atoms with E-state index >= 15 is 0 Å². The molecule has 0 bridgehead atoms. The number of methoxy groups -OCH3 is 1. The van der Waals surface area contributed by atoms with Crippen molar-refractivity contribution in [3.8, 4) is 11.5 Å². The Labute approximate surface area is 136 Å². The Morgan fingerprint density at radius 1 is 1.22 bits per heavy atom. The minimum Gasteiger partial charge on any atom is -0.493 e. The molecule has 23 heavy (non-hydrogen) atoms. The SMILES string of the molecule is COc1ccc(/C=C/n2ccc(=O)cc2C)cc1OCC1CC1. The quantitative estimate of drug-likeness (QED) is 0.818. The molecule has 0 unspecified atom stereocenters. The maximum Gasteiger partial charge on any atom is 0.181 e. The second-order valence-electron chi connectivity index (χ2n) is 5.89. The van der Waals surface area contributed by atoms with Crippen LogP contribution in [0.1, 0.15) is 24.1 Å². The predicted molar refractivity (Wildman–Crippen MR) is 91.9 cm³/mol. The number of nitrogens with zero attached hydrogens (tertiary/aromatic N) is 1. The highest BCUT2D eigenvalue weighted by molar-refractivity contribution is 5.63. The Kier molecular flexibility index (Phi) is 4.51. The van der Waals surface area contributed by atoms with Gasteiger partial charge in [-0.1, -0.05) is 6.07 Å². The molecule has 4 heteroatoms. The predicted octanol–water partition coefficient (Wildman–Crippen LogP) is 3.58. The number of aromatic nitrogens is 1. The molecular weight excluding hydrogens is 290 g/mol. The lowest BCUT2D eigenvalue weighted by molar-refractivity contribution is 0.280. The van der Waals surface area contributed by atoms with E-state index in [0.29, 0.717) is 5.92 Å². The van der Waals surface area contributed by atoms with Gasteiger partial charge in [0.2, 0.25) is 0 Å². The number of aryl methyl sites for hydroxylation is 1. The average Bonchev–Trinajstić information content (AvgIpc) is 3.36. The summed E-state index contributed by atoms with van der Waals surface area (Å²) in [6.07, 6.45) is 8.20. The lowest BCUT2D eigenvalue weighted by Crippen LogP contribution is -2.03. The van der Waals surface area contributed by atoms with Gasteiger partial charge in [0.15, 0.2) is 16.9 Å². The van der Waals surface area contributed by atoms with Crippen LogP contribution < -0.4 is 14.9 Å². The molecule has 2 aromatic rings. The highest BCUT2D eigenvalue weighted by Gasteiger charge is 2.22. The fourth-order valence-corrected chi connectivity index (χ4v) is 2.34. The number of hydrogen-bond acceptors (Lipinski definition) is 3. The van der Waals surface area contributed by atoms with Gasteiger partial charge in [0.1, 0.15) is 0 Å². The van der Waals surface area contributed by atoms with Gasteiger partial charge in [-0.25, -0.2) is 0 Å². The Bertz CT molecular complexity index is 772. The molecule has 1 heterocycles. The Hall–Kier alpha value is -2.49. The van der Waals surface area contributed by atoms with Crippen LogP contribution in [0.25, 0.3) is 12.3 Å². The van der Waals surface area contributed by atoms with Crippen molar-refractivity contribution < 1.29 is 9.47 Å². The second kappa shape index (κ2) is 6.73. The maximum atomic E-state index is 11.3. The first-order valence-electron chi connectivity index (χ1n) is 7.83. The molecule has 1 aromatic carbocycles. The van der Waals surface area contributed by atoms with Crippen LogP contribution >= 0.6 is 0 Å². The van der Waals surface area contributed by atoms with Crippen molar-refractivity contribution in [2.75, 3.05) is 13.7 Å². The van der Waals surface area contributed by atoms with Crippen LogP contribution in [0.3, 0.4) is 0 Å². The summed E-state index contributed by atoms with van der Waals surface area (Å²) in [5.74, 6) is 2.23. The van der Waals surface area contributed by atoms with Crippen LogP contribution in [-0.2, 0) is 0 Å². The number of pyridine rings is 1. The fraction of sp³-hybridized carbons (Fsp3) is 0.316. The molecule has 1 aromatic heterocycles. The summed E-state index contributed by atoms with van der Waals surface area (Å²) in [6, 6.07) is 9.05. The van der Waals surface area contributed by atoms with Gasteiger partial charge in [-0.3, -0.25) is 4.79 Å². The molecule has 0 radical (unpaired) electrons. The number of rotatable bonds is 6. The standard InChI is InChI=1S/C19H21NO3/c1-14-11-17(21)8-10-20(14)9-7-15-5-6-18(22-2)19(12-15)23-13-16-3-4-16/h5-12,16H,3-4,13H2,1-2H3/b9-7+. The van der Waals surface area contributed by atoms with Crippen LogP contribution in [0, 0.1) is 12.8 Å². The van der Waals surface area contributed by atoms with E-state index in [0.717, 1.165) is 29.4 Å². The van der Waals surface area contributed by atoms with Crippen molar-refractivity contribution in [1.82, 2.24) is 4.57 Å². The van der Waals surface area contributed by atoms with E-state index in [2.05, 4.69) is 0 Å². The summed E-state index contributed by atoms with van der Waals surface area (Å²) < 4.78 is 13.1. The molecule has 4 nitrogen and oxygen atoms in total. The highest BCUT2D eigenvalue weighted by Crippen LogP contribution is 2.33. The van der Waals surface area contributed by atoms with Gasteiger partial charge in [-0.2, -0.15) is 0 Å². The molecule has 3 rings (SSSR count). The minimum absolute atomic E-state index is 0.0207. The lowest BCUT2D eigenvalue weighted by atomic mass is 10.2. The van der Waals surface area contributed by atoms with Crippen LogP contribution in [-0.4, -0.2) is 18.3 Å². The van der Waals surface area contributed by atoms with Crippen molar-refractivity contribution in [3.05, 3.63) is 58.0 Å². The fourth-order valence-electron chi connectivity index (χ4n) is 2.34. The summed E-state index contributed by atoms with van der Waals surface area (Å²) in [4.78, 5) is 11.3. The van der Waals surface area contributed by atoms with Crippen molar-refractivity contribution in [3.63, 3.8) is 0 Å². The zero-order valence-corrected chi connectivity index (χ0v) is 13.5. The zero-order valence-electron chi connectivity index (χ0n) is 13.5.